The first-order chi connectivity index (χ1) is 23.9. The summed E-state index contributed by atoms with van der Waals surface area (Å²) in [4.78, 5) is 34.0. The average Bonchev–Trinajstić information content (AvgIpc) is 3.04. The average molecular weight is 721 g/mol. The number of alkyl halides is 6. The van der Waals surface area contributed by atoms with Gasteiger partial charge in [-0.3, -0.25) is 14.4 Å². The van der Waals surface area contributed by atoms with Gasteiger partial charge in [0.15, 0.2) is 11.5 Å². The minimum atomic E-state index is -4.37. The highest BCUT2D eigenvalue weighted by Gasteiger charge is 2.29. The molecule has 0 aliphatic carbocycles. The van der Waals surface area contributed by atoms with Crippen LogP contribution in [0.1, 0.15) is 28.3 Å². The van der Waals surface area contributed by atoms with Crippen molar-refractivity contribution >= 4 is 0 Å². The normalized spacial score (nSPS) is 11.1. The Bertz CT molecular complexity index is 2040. The van der Waals surface area contributed by atoms with Gasteiger partial charge in [-0.2, -0.15) is 26.3 Å². The van der Waals surface area contributed by atoms with Crippen LogP contribution in [-0.2, 0) is 26.3 Å². The zero-order chi connectivity index (χ0) is 37.8. The molecule has 0 spiro atoms. The van der Waals surface area contributed by atoms with Crippen molar-refractivity contribution < 1.29 is 45.3 Å². The van der Waals surface area contributed by atoms with Crippen molar-refractivity contribution in [1.82, 2.24) is 9.13 Å². The number of aromatic hydroxyl groups is 1. The number of halogens is 6. The quantitative estimate of drug-likeness (QED) is 0.168. The number of aryl methyl sites for hydroxylation is 3. The van der Waals surface area contributed by atoms with Crippen LogP contribution in [-0.4, -0.2) is 26.6 Å². The van der Waals surface area contributed by atoms with Crippen LogP contribution in [0.15, 0.2) is 116 Å². The summed E-state index contributed by atoms with van der Waals surface area (Å²) in [7, 11) is 0. The van der Waals surface area contributed by atoms with Gasteiger partial charge in [0.2, 0.25) is 22.0 Å². The summed E-state index contributed by atoms with van der Waals surface area (Å²) in [6, 6.07) is 22.3. The Kier molecular flexibility index (Phi) is 13.8. The molecule has 3 heterocycles. The maximum atomic E-state index is 12.5. The van der Waals surface area contributed by atoms with Crippen LogP contribution in [0, 0.1) is 20.8 Å². The van der Waals surface area contributed by atoms with Crippen LogP contribution in [0.25, 0.3) is 0 Å². The second kappa shape index (κ2) is 17.8. The highest BCUT2D eigenvalue weighted by molar-refractivity contribution is 5.23. The fourth-order valence-corrected chi connectivity index (χ4v) is 4.22. The van der Waals surface area contributed by atoms with E-state index < -0.39 is 42.0 Å². The topological polar surface area (TPSA) is 113 Å². The molecule has 0 unspecified atom stereocenters. The number of ether oxygens (including phenoxy) is 2. The molecule has 0 amide bonds. The number of hydrogen-bond acceptors (Lipinski definition) is 7. The van der Waals surface area contributed by atoms with Crippen molar-refractivity contribution in [2.75, 3.05) is 0 Å². The second-order valence-electron chi connectivity index (χ2n) is 11.1. The zero-order valence-corrected chi connectivity index (χ0v) is 27.6. The third-order valence-corrected chi connectivity index (χ3v) is 6.74. The van der Waals surface area contributed by atoms with Crippen molar-refractivity contribution in [3.8, 4) is 17.2 Å². The Hall–Kier alpha value is -5.73. The van der Waals surface area contributed by atoms with Gasteiger partial charge in [0.1, 0.15) is 38.3 Å². The van der Waals surface area contributed by atoms with Gasteiger partial charge in [0.05, 0.1) is 12.4 Å². The molecule has 3 aromatic heterocycles. The number of hydrogen-bond donors (Lipinski definition) is 1. The summed E-state index contributed by atoms with van der Waals surface area (Å²) in [6.07, 6.45) is -5.48. The van der Waals surface area contributed by atoms with Crippen LogP contribution in [0.2, 0.25) is 0 Å². The van der Waals surface area contributed by atoms with Crippen LogP contribution < -0.4 is 25.8 Å². The minimum Gasteiger partial charge on any atom is -0.503 e. The van der Waals surface area contributed by atoms with E-state index in [1.807, 2.05) is 60.7 Å². The smallest absolute Gasteiger partial charge is 0.406 e. The standard InChI is InChI=1S/C15H14F3NO2.C13H12O3.C8H8F3NO2/c1-11-7-13(20)14(8-19(11)10-15(16,17)18)21-9-12-5-3-2-4-6-12;1-10-7-12(14)13(9-15-10)16-8-11-5-3-2-4-6-11;1-5-2-6(13)7(14)3-12(5)4-8(9,10)11/h2-8H,9-10H2,1H3;2-7,9H,8H2,1H3;2-3,14H,4H2,1H3. The molecule has 0 atom stereocenters. The monoisotopic (exact) mass is 720 g/mol. The van der Waals surface area contributed by atoms with Crippen molar-refractivity contribution in [3.63, 3.8) is 0 Å². The van der Waals surface area contributed by atoms with Gasteiger partial charge >= 0.3 is 12.4 Å². The predicted octanol–water partition coefficient (Wildman–Crippen LogP) is 7.25. The third-order valence-electron chi connectivity index (χ3n) is 6.74. The molecule has 0 fully saturated rings. The molecular formula is C36H34F6N2O7. The lowest BCUT2D eigenvalue weighted by molar-refractivity contribution is -0.141. The van der Waals surface area contributed by atoms with E-state index in [-0.39, 0.29) is 34.9 Å². The lowest BCUT2D eigenvalue weighted by Gasteiger charge is -2.15. The van der Waals surface area contributed by atoms with Crippen LogP contribution in [0.4, 0.5) is 26.3 Å². The second-order valence-corrected chi connectivity index (χ2v) is 11.1. The molecule has 51 heavy (non-hydrogen) atoms. The Morgan fingerprint density at radius 1 is 0.627 bits per heavy atom. The fraction of sp³-hybridized carbons (Fsp3) is 0.250. The molecule has 272 valence electrons. The lowest BCUT2D eigenvalue weighted by atomic mass is 10.2. The van der Waals surface area contributed by atoms with Gasteiger partial charge in [-0.15, -0.1) is 0 Å². The number of benzene rings is 2. The summed E-state index contributed by atoms with van der Waals surface area (Å²) in [5.41, 5.74) is 0.985. The molecular weight excluding hydrogens is 686 g/mol. The number of nitrogens with zero attached hydrogens (tertiary/aromatic N) is 2. The molecule has 0 radical (unpaired) electrons. The number of aromatic nitrogens is 2. The van der Waals surface area contributed by atoms with E-state index in [2.05, 4.69) is 0 Å². The van der Waals surface area contributed by atoms with Gasteiger partial charge < -0.3 is 28.1 Å². The van der Waals surface area contributed by atoms with E-state index in [9.17, 15) is 40.7 Å². The molecule has 5 rings (SSSR count). The Morgan fingerprint density at radius 3 is 1.53 bits per heavy atom. The zero-order valence-electron chi connectivity index (χ0n) is 27.6. The van der Waals surface area contributed by atoms with Crippen molar-refractivity contribution in [2.24, 2.45) is 0 Å². The SMILES string of the molecule is Cc1cc(=O)c(O)cn1CC(F)(F)F.Cc1cc(=O)c(OCc2ccccc2)cn1CC(F)(F)F.Cc1cc(=O)c(OCc2ccccc2)co1. The van der Waals surface area contributed by atoms with Crippen molar-refractivity contribution in [1.29, 1.82) is 0 Å². The molecule has 0 bridgehead atoms. The summed E-state index contributed by atoms with van der Waals surface area (Å²) in [6.45, 7) is 2.68. The van der Waals surface area contributed by atoms with Crippen LogP contribution in [0.5, 0.6) is 17.2 Å². The maximum absolute atomic E-state index is 12.5. The molecule has 0 aliphatic heterocycles. The minimum absolute atomic E-state index is 0.0892. The Balaban J connectivity index is 0.000000212. The highest BCUT2D eigenvalue weighted by atomic mass is 19.4. The van der Waals surface area contributed by atoms with E-state index in [0.29, 0.717) is 12.4 Å². The summed E-state index contributed by atoms with van der Waals surface area (Å²) in [5.74, 6) is 0.0556. The number of pyridine rings is 2. The van der Waals surface area contributed by atoms with Gasteiger partial charge in [0, 0.05) is 29.6 Å². The molecule has 0 aliphatic rings. The largest absolute Gasteiger partial charge is 0.503 e. The van der Waals surface area contributed by atoms with E-state index >= 15 is 0 Å². The van der Waals surface area contributed by atoms with Gasteiger partial charge in [-0.05, 0) is 31.9 Å². The summed E-state index contributed by atoms with van der Waals surface area (Å²) < 4.78 is 90.9. The first kappa shape index (κ1) is 39.7. The molecule has 5 aromatic rings. The van der Waals surface area contributed by atoms with Crippen molar-refractivity contribution in [3.05, 3.63) is 156 Å². The Labute approximate surface area is 287 Å². The fourth-order valence-electron chi connectivity index (χ4n) is 4.22. The van der Waals surface area contributed by atoms with Gasteiger partial charge in [-0.25, -0.2) is 0 Å². The lowest BCUT2D eigenvalue weighted by Crippen LogP contribution is -2.22. The summed E-state index contributed by atoms with van der Waals surface area (Å²) in [5, 5.41) is 8.92. The van der Waals surface area contributed by atoms with Crippen LogP contribution >= 0.6 is 0 Å². The molecule has 2 aromatic carbocycles. The Morgan fingerprint density at radius 2 is 1.06 bits per heavy atom. The van der Waals surface area contributed by atoms with Gasteiger partial charge in [-0.1, -0.05) is 60.7 Å². The van der Waals surface area contributed by atoms with Crippen molar-refractivity contribution in [2.45, 2.75) is 59.4 Å². The molecule has 0 saturated heterocycles. The first-order valence-electron chi connectivity index (χ1n) is 15.1. The third kappa shape index (κ3) is 14.0. The highest BCUT2D eigenvalue weighted by Crippen LogP contribution is 2.20. The summed E-state index contributed by atoms with van der Waals surface area (Å²) >= 11 is 0. The molecule has 0 saturated carbocycles. The molecule has 1 N–H and O–H groups in total. The molecule has 15 heteroatoms. The van der Waals surface area contributed by atoms with E-state index in [4.69, 9.17) is 19.0 Å². The van der Waals surface area contributed by atoms with E-state index in [1.54, 1.807) is 6.92 Å². The van der Waals surface area contributed by atoms with Crippen LogP contribution in [0.3, 0.4) is 0 Å². The predicted molar refractivity (Wildman–Crippen MR) is 176 cm³/mol. The first-order valence-corrected chi connectivity index (χ1v) is 15.1. The van der Waals surface area contributed by atoms with Gasteiger partial charge in [0.25, 0.3) is 0 Å². The van der Waals surface area contributed by atoms with E-state index in [1.165, 1.54) is 26.2 Å². The molecule has 9 nitrogen and oxygen atoms in total. The van der Waals surface area contributed by atoms with E-state index in [0.717, 1.165) is 44.8 Å². The maximum Gasteiger partial charge on any atom is 0.406 e. The number of rotatable bonds is 8.